The minimum atomic E-state index is -0.197. The predicted octanol–water partition coefficient (Wildman–Crippen LogP) is 20.3. The molecule has 0 radical (unpaired) electrons. The van der Waals surface area contributed by atoms with Gasteiger partial charge in [0.25, 0.3) is 0 Å². The molecule has 10 aromatic carbocycles. The molecule has 424 valence electrons. The number of hydrogen-bond donors (Lipinski definition) is 0. The van der Waals surface area contributed by atoms with Gasteiger partial charge in [-0.15, -0.1) is 0 Å². The Hall–Kier alpha value is -11.0. The molecular weight excluding hydrogens is 1070 g/mol. The van der Waals surface area contributed by atoms with E-state index in [0.29, 0.717) is 29.1 Å². The minimum absolute atomic E-state index is 0.197. The molecule has 0 unspecified atom stereocenters. The standard InChI is InChI=1S/C79H63N9/c1-78(2,3)59-45-58(46-60(47-59)79(4,5)6)61-49-71(87-67-41-25-27-43-69(67)88(70-44-28-26-42-68(70)87)72-51-65(53-31-15-8-16-32-53)81-74(83-72)55-35-19-10-20-36-55)63(77-85-75(56-37-21-11-22-38-56)84-76(86-77)57-39-23-12-24-40-57)48-62(61)66-50-64(52-29-13-7-14-30-52)80-73(82-66)54-33-17-9-18-34-54/h7-51H,1-6H3. The van der Waals surface area contributed by atoms with E-state index in [4.69, 9.17) is 34.9 Å². The van der Waals surface area contributed by atoms with Gasteiger partial charge >= 0.3 is 0 Å². The molecule has 0 spiro atoms. The molecule has 0 amide bonds. The fourth-order valence-corrected chi connectivity index (χ4v) is 11.5. The third-order valence-electron chi connectivity index (χ3n) is 16.2. The van der Waals surface area contributed by atoms with E-state index in [1.165, 1.54) is 11.1 Å². The molecule has 3 aromatic heterocycles. The first-order chi connectivity index (χ1) is 42.9. The number of aromatic nitrogens is 7. The summed E-state index contributed by atoms with van der Waals surface area (Å²) in [7, 11) is 0. The Morgan fingerprint density at radius 2 is 0.568 bits per heavy atom. The molecule has 9 nitrogen and oxygen atoms in total. The van der Waals surface area contributed by atoms with Crippen molar-refractivity contribution in [3.8, 4) is 102 Å². The lowest BCUT2D eigenvalue weighted by Crippen LogP contribution is -2.25. The summed E-state index contributed by atoms with van der Waals surface area (Å²) in [6.07, 6.45) is 0. The van der Waals surface area contributed by atoms with Crippen molar-refractivity contribution in [2.24, 2.45) is 0 Å². The number of fused-ring (bicyclic) bond motifs is 2. The molecule has 0 saturated carbocycles. The molecule has 1 aliphatic heterocycles. The largest absolute Gasteiger partial charge is 0.306 e. The van der Waals surface area contributed by atoms with Gasteiger partial charge < -0.3 is 4.90 Å². The van der Waals surface area contributed by atoms with Gasteiger partial charge in [0, 0.05) is 50.6 Å². The maximum absolute atomic E-state index is 5.61. The van der Waals surface area contributed by atoms with Crippen LogP contribution in [0.25, 0.3) is 102 Å². The summed E-state index contributed by atoms with van der Waals surface area (Å²) in [6, 6.07) is 94.8. The zero-order chi connectivity index (χ0) is 59.9. The van der Waals surface area contributed by atoms with Crippen LogP contribution >= 0.6 is 0 Å². The molecule has 13 aromatic rings. The van der Waals surface area contributed by atoms with Crippen molar-refractivity contribution in [3.05, 3.63) is 284 Å². The minimum Gasteiger partial charge on any atom is -0.306 e. The number of nitrogens with zero attached hydrogens (tertiary/aromatic N) is 9. The molecule has 1 aliphatic rings. The normalized spacial score (nSPS) is 12.2. The van der Waals surface area contributed by atoms with Crippen molar-refractivity contribution >= 4 is 34.3 Å². The second-order valence-electron chi connectivity index (χ2n) is 24.3. The highest BCUT2D eigenvalue weighted by Crippen LogP contribution is 2.57. The summed E-state index contributed by atoms with van der Waals surface area (Å²) in [4.78, 5) is 42.6. The lowest BCUT2D eigenvalue weighted by Gasteiger charge is -2.40. The van der Waals surface area contributed by atoms with E-state index in [0.717, 1.165) is 107 Å². The van der Waals surface area contributed by atoms with E-state index < -0.39 is 0 Å². The lowest BCUT2D eigenvalue weighted by molar-refractivity contribution is 0.569. The summed E-state index contributed by atoms with van der Waals surface area (Å²) in [6.45, 7) is 13.8. The number of rotatable bonds is 11. The van der Waals surface area contributed by atoms with E-state index >= 15 is 0 Å². The van der Waals surface area contributed by atoms with Crippen LogP contribution in [0.4, 0.5) is 34.3 Å². The Bertz CT molecular complexity index is 4430. The molecule has 0 aliphatic carbocycles. The highest BCUT2D eigenvalue weighted by atomic mass is 15.3. The van der Waals surface area contributed by atoms with Crippen molar-refractivity contribution in [2.75, 3.05) is 9.80 Å². The second kappa shape index (κ2) is 22.8. The molecule has 88 heavy (non-hydrogen) atoms. The molecule has 14 rings (SSSR count). The Kier molecular flexibility index (Phi) is 14.2. The van der Waals surface area contributed by atoms with Crippen molar-refractivity contribution < 1.29 is 0 Å². The van der Waals surface area contributed by atoms with Crippen LogP contribution in [0.1, 0.15) is 52.7 Å². The third-order valence-corrected chi connectivity index (χ3v) is 16.2. The molecule has 4 heterocycles. The van der Waals surface area contributed by atoms with Crippen LogP contribution in [0.3, 0.4) is 0 Å². The summed E-state index contributed by atoms with van der Waals surface area (Å²) in [5.74, 6) is 3.54. The van der Waals surface area contributed by atoms with Crippen LogP contribution in [0.15, 0.2) is 273 Å². The topological polar surface area (TPSA) is 96.7 Å². The summed E-state index contributed by atoms with van der Waals surface area (Å²) in [5.41, 5.74) is 18.1. The summed E-state index contributed by atoms with van der Waals surface area (Å²) < 4.78 is 0. The SMILES string of the molecule is CC(C)(C)c1cc(-c2cc(N3c4ccccc4N(c4cc(-c5ccccc5)nc(-c5ccccc5)n4)c4ccccc43)c(-c3nc(-c4ccccc4)nc(-c4ccccc4)n3)cc2-c2cc(-c3ccccc3)nc(-c3ccccc3)n2)cc(C(C)(C)C)c1. The highest BCUT2D eigenvalue weighted by molar-refractivity contribution is 6.05. The zero-order valence-corrected chi connectivity index (χ0v) is 50.0. The molecular formula is C79H63N9. The molecule has 0 N–H and O–H groups in total. The second-order valence-corrected chi connectivity index (χ2v) is 24.3. The Balaban J connectivity index is 1.11. The molecule has 0 atom stereocenters. The van der Waals surface area contributed by atoms with Gasteiger partial charge in [-0.25, -0.2) is 34.9 Å². The van der Waals surface area contributed by atoms with Crippen molar-refractivity contribution in [1.82, 2.24) is 34.9 Å². The monoisotopic (exact) mass is 1140 g/mol. The summed E-state index contributed by atoms with van der Waals surface area (Å²) in [5, 5.41) is 0. The number of para-hydroxylation sites is 4. The Morgan fingerprint density at radius 3 is 0.989 bits per heavy atom. The number of benzene rings is 10. The van der Waals surface area contributed by atoms with Crippen LogP contribution in [0, 0.1) is 0 Å². The van der Waals surface area contributed by atoms with Crippen LogP contribution in [-0.4, -0.2) is 34.9 Å². The fourth-order valence-electron chi connectivity index (χ4n) is 11.5. The fraction of sp³-hybridized carbons (Fsp3) is 0.101. The molecule has 9 heteroatoms. The van der Waals surface area contributed by atoms with Crippen LogP contribution < -0.4 is 9.80 Å². The van der Waals surface area contributed by atoms with Crippen LogP contribution in [-0.2, 0) is 10.8 Å². The van der Waals surface area contributed by atoms with Crippen molar-refractivity contribution in [1.29, 1.82) is 0 Å². The van der Waals surface area contributed by atoms with E-state index in [9.17, 15) is 0 Å². The number of hydrogen-bond acceptors (Lipinski definition) is 9. The quantitative estimate of drug-likeness (QED) is 0.125. The molecule has 0 fully saturated rings. The van der Waals surface area contributed by atoms with Crippen LogP contribution in [0.5, 0.6) is 0 Å². The van der Waals surface area contributed by atoms with E-state index in [1.807, 2.05) is 84.9 Å². The van der Waals surface area contributed by atoms with Crippen molar-refractivity contribution in [3.63, 3.8) is 0 Å². The van der Waals surface area contributed by atoms with E-state index in [2.05, 4.69) is 239 Å². The van der Waals surface area contributed by atoms with Gasteiger partial charge in [0.1, 0.15) is 5.82 Å². The first kappa shape index (κ1) is 54.9. The smallest absolute Gasteiger partial charge is 0.166 e. The molecule has 0 bridgehead atoms. The predicted molar refractivity (Wildman–Crippen MR) is 360 cm³/mol. The van der Waals surface area contributed by atoms with Gasteiger partial charge in [-0.05, 0) is 75.5 Å². The zero-order valence-electron chi connectivity index (χ0n) is 50.0. The van der Waals surface area contributed by atoms with Gasteiger partial charge in [-0.1, -0.05) is 266 Å². The van der Waals surface area contributed by atoms with E-state index in [-0.39, 0.29) is 10.8 Å². The number of anilines is 6. The Morgan fingerprint density at radius 1 is 0.227 bits per heavy atom. The van der Waals surface area contributed by atoms with Crippen LogP contribution in [0.2, 0.25) is 0 Å². The maximum Gasteiger partial charge on any atom is 0.166 e. The van der Waals surface area contributed by atoms with Gasteiger partial charge in [-0.3, -0.25) is 4.90 Å². The highest BCUT2D eigenvalue weighted by Gasteiger charge is 2.35. The van der Waals surface area contributed by atoms with Gasteiger partial charge in [0.15, 0.2) is 29.1 Å². The average Bonchev–Trinajstić information content (AvgIpc) is 0.955. The maximum atomic E-state index is 5.61. The van der Waals surface area contributed by atoms with Gasteiger partial charge in [-0.2, -0.15) is 0 Å². The van der Waals surface area contributed by atoms with Gasteiger partial charge in [0.05, 0.1) is 45.5 Å². The first-order valence-electron chi connectivity index (χ1n) is 29.9. The first-order valence-corrected chi connectivity index (χ1v) is 29.9. The summed E-state index contributed by atoms with van der Waals surface area (Å²) >= 11 is 0. The third kappa shape index (κ3) is 10.8. The average molecular weight is 1140 g/mol. The van der Waals surface area contributed by atoms with E-state index in [1.54, 1.807) is 0 Å². The lowest BCUT2D eigenvalue weighted by atomic mass is 9.78. The molecule has 0 saturated heterocycles. The Labute approximate surface area is 514 Å². The van der Waals surface area contributed by atoms with Crippen molar-refractivity contribution in [2.45, 2.75) is 52.4 Å². The van der Waals surface area contributed by atoms with Gasteiger partial charge in [0.2, 0.25) is 0 Å².